The summed E-state index contributed by atoms with van der Waals surface area (Å²) in [4.78, 5) is 11.6. The number of carbonyl (C=O) groups is 1. The Morgan fingerprint density at radius 1 is 1.27 bits per heavy atom. The third kappa shape index (κ3) is 4.11. The molecule has 0 saturated heterocycles. The molecule has 0 N–H and O–H groups in total. The molecule has 0 amide bonds. The molecule has 0 aromatic heterocycles. The molecule has 15 heavy (non-hydrogen) atoms. The van der Waals surface area contributed by atoms with E-state index in [2.05, 4.69) is 12.1 Å². The van der Waals surface area contributed by atoms with Crippen LogP contribution in [0.2, 0.25) is 0 Å². The topological polar surface area (TPSA) is 17.1 Å². The van der Waals surface area contributed by atoms with Crippen LogP contribution in [0.4, 0.5) is 0 Å². The second-order valence-corrected chi connectivity index (χ2v) is 3.70. The largest absolute Gasteiger partial charge is 0.295 e. The Kier molecular flexibility index (Phi) is 4.82. The van der Waals surface area contributed by atoms with Crippen LogP contribution >= 0.6 is 0 Å². The van der Waals surface area contributed by atoms with Gasteiger partial charge in [0.2, 0.25) is 0 Å². The van der Waals surface area contributed by atoms with Crippen LogP contribution in [0, 0.1) is 0 Å². The zero-order valence-corrected chi connectivity index (χ0v) is 9.49. The van der Waals surface area contributed by atoms with Gasteiger partial charge in [0.15, 0.2) is 5.78 Å². The molecule has 0 heterocycles. The van der Waals surface area contributed by atoms with Crippen LogP contribution in [0.25, 0.3) is 0 Å². The van der Waals surface area contributed by atoms with E-state index in [0.29, 0.717) is 6.42 Å². The molecule has 0 spiro atoms. The summed E-state index contributed by atoms with van der Waals surface area (Å²) in [5.41, 5.74) is 2.13. The van der Waals surface area contributed by atoms with Crippen molar-refractivity contribution in [1.82, 2.24) is 0 Å². The summed E-state index contributed by atoms with van der Waals surface area (Å²) in [6.07, 6.45) is 4.39. The van der Waals surface area contributed by atoms with E-state index in [9.17, 15) is 4.79 Å². The molecule has 1 heteroatoms. The molecule has 0 fully saturated rings. The molecular formula is C14H18O. The van der Waals surface area contributed by atoms with E-state index < -0.39 is 0 Å². The van der Waals surface area contributed by atoms with Crippen molar-refractivity contribution in [1.29, 1.82) is 0 Å². The highest BCUT2D eigenvalue weighted by molar-refractivity contribution is 5.94. The van der Waals surface area contributed by atoms with Gasteiger partial charge in [-0.05, 0) is 30.9 Å². The molecular weight excluding hydrogens is 184 g/mol. The first-order valence-corrected chi connectivity index (χ1v) is 5.48. The summed E-state index contributed by atoms with van der Waals surface area (Å²) >= 11 is 0. The van der Waals surface area contributed by atoms with E-state index in [1.165, 1.54) is 5.56 Å². The lowest BCUT2D eigenvalue weighted by molar-refractivity contribution is -0.115. The van der Waals surface area contributed by atoms with Gasteiger partial charge in [0.25, 0.3) is 0 Å². The fourth-order valence-electron chi connectivity index (χ4n) is 1.52. The number of ketones is 1. The van der Waals surface area contributed by atoms with Crippen LogP contribution in [0.15, 0.2) is 42.0 Å². The maximum atomic E-state index is 11.6. The Bertz CT molecular complexity index is 336. The van der Waals surface area contributed by atoms with E-state index in [0.717, 1.165) is 18.4 Å². The second kappa shape index (κ2) is 6.18. The molecule has 0 bridgehead atoms. The van der Waals surface area contributed by atoms with Crippen LogP contribution in [-0.4, -0.2) is 5.78 Å². The minimum Gasteiger partial charge on any atom is -0.295 e. The third-order valence-corrected chi connectivity index (χ3v) is 2.43. The van der Waals surface area contributed by atoms with E-state index in [-0.39, 0.29) is 5.78 Å². The van der Waals surface area contributed by atoms with Crippen molar-refractivity contribution in [3.05, 3.63) is 47.5 Å². The van der Waals surface area contributed by atoms with Crippen molar-refractivity contribution >= 4 is 5.78 Å². The minimum absolute atomic E-state index is 0.265. The summed E-state index contributed by atoms with van der Waals surface area (Å²) in [5, 5.41) is 0. The number of benzene rings is 1. The van der Waals surface area contributed by atoms with Crippen LogP contribution in [0.1, 0.15) is 32.3 Å². The highest BCUT2D eigenvalue weighted by Crippen LogP contribution is 2.07. The van der Waals surface area contributed by atoms with Gasteiger partial charge in [-0.1, -0.05) is 43.3 Å². The Labute approximate surface area is 91.8 Å². The van der Waals surface area contributed by atoms with Gasteiger partial charge in [0.1, 0.15) is 0 Å². The lowest BCUT2D eigenvalue weighted by atomic mass is 10.0. The van der Waals surface area contributed by atoms with Crippen LogP contribution in [0.5, 0.6) is 0 Å². The van der Waals surface area contributed by atoms with Crippen molar-refractivity contribution in [2.45, 2.75) is 33.1 Å². The zero-order valence-electron chi connectivity index (χ0n) is 9.49. The first kappa shape index (κ1) is 11.7. The highest BCUT2D eigenvalue weighted by atomic mass is 16.1. The molecule has 0 aliphatic heterocycles. The van der Waals surface area contributed by atoms with Crippen LogP contribution in [0.3, 0.4) is 0 Å². The van der Waals surface area contributed by atoms with Gasteiger partial charge in [-0.3, -0.25) is 4.79 Å². The highest BCUT2D eigenvalue weighted by Gasteiger charge is 2.03. The molecule has 1 rings (SSSR count). The first-order valence-electron chi connectivity index (χ1n) is 5.48. The number of hydrogen-bond donors (Lipinski definition) is 0. The normalized spacial score (nSPS) is 11.5. The smallest absolute Gasteiger partial charge is 0.158 e. The third-order valence-electron chi connectivity index (χ3n) is 2.43. The number of aryl methyl sites for hydroxylation is 1. The monoisotopic (exact) mass is 202 g/mol. The lowest BCUT2D eigenvalue weighted by Crippen LogP contribution is -2.01. The lowest BCUT2D eigenvalue weighted by Gasteiger charge is -2.01. The fraction of sp³-hybridized carbons (Fsp3) is 0.357. The van der Waals surface area contributed by atoms with Gasteiger partial charge < -0.3 is 0 Å². The van der Waals surface area contributed by atoms with E-state index in [1.807, 2.05) is 38.1 Å². The Morgan fingerprint density at radius 3 is 2.53 bits per heavy atom. The Hall–Kier alpha value is -1.37. The van der Waals surface area contributed by atoms with Gasteiger partial charge >= 0.3 is 0 Å². The number of rotatable bonds is 5. The molecule has 0 unspecified atom stereocenters. The molecule has 0 saturated carbocycles. The van der Waals surface area contributed by atoms with Crippen molar-refractivity contribution in [2.75, 3.05) is 0 Å². The maximum absolute atomic E-state index is 11.6. The van der Waals surface area contributed by atoms with Crippen LogP contribution < -0.4 is 0 Å². The molecule has 0 aliphatic rings. The zero-order chi connectivity index (χ0) is 11.1. The first-order chi connectivity index (χ1) is 7.24. The number of hydrogen-bond acceptors (Lipinski definition) is 1. The van der Waals surface area contributed by atoms with Crippen molar-refractivity contribution in [3.8, 4) is 0 Å². The molecule has 0 atom stereocenters. The number of allylic oxidation sites excluding steroid dienone is 2. The standard InChI is InChI=1S/C14H18O/c1-3-7-12(2)14(15)11-10-13-8-5-4-6-9-13/h4-9H,3,10-11H2,1-2H3/b12-7+. The summed E-state index contributed by atoms with van der Waals surface area (Å²) in [7, 11) is 0. The number of Topliss-reactive ketones (excluding diaryl/α,β-unsaturated/α-hetero) is 1. The molecule has 1 aromatic rings. The minimum atomic E-state index is 0.265. The van der Waals surface area contributed by atoms with E-state index in [1.54, 1.807) is 0 Å². The average molecular weight is 202 g/mol. The fourth-order valence-corrected chi connectivity index (χ4v) is 1.52. The van der Waals surface area contributed by atoms with Gasteiger partial charge in [-0.15, -0.1) is 0 Å². The predicted octanol–water partition coefficient (Wildman–Crippen LogP) is 3.54. The molecule has 1 nitrogen and oxygen atoms in total. The summed E-state index contributed by atoms with van der Waals surface area (Å²) < 4.78 is 0. The van der Waals surface area contributed by atoms with Crippen molar-refractivity contribution in [3.63, 3.8) is 0 Å². The molecule has 80 valence electrons. The average Bonchev–Trinajstić information content (AvgIpc) is 2.27. The van der Waals surface area contributed by atoms with Crippen LogP contribution in [-0.2, 0) is 11.2 Å². The van der Waals surface area contributed by atoms with Crippen molar-refractivity contribution in [2.24, 2.45) is 0 Å². The van der Waals surface area contributed by atoms with Crippen molar-refractivity contribution < 1.29 is 4.79 Å². The van der Waals surface area contributed by atoms with Gasteiger partial charge in [0, 0.05) is 6.42 Å². The van der Waals surface area contributed by atoms with Gasteiger partial charge in [0.05, 0.1) is 0 Å². The quantitative estimate of drug-likeness (QED) is 0.667. The number of carbonyl (C=O) groups excluding carboxylic acids is 1. The maximum Gasteiger partial charge on any atom is 0.158 e. The molecule has 0 aliphatic carbocycles. The van der Waals surface area contributed by atoms with E-state index >= 15 is 0 Å². The Morgan fingerprint density at radius 2 is 1.93 bits per heavy atom. The van der Waals surface area contributed by atoms with Gasteiger partial charge in [-0.2, -0.15) is 0 Å². The molecule has 0 radical (unpaired) electrons. The summed E-state index contributed by atoms with van der Waals surface area (Å²) in [6.45, 7) is 3.95. The predicted molar refractivity (Wildman–Crippen MR) is 63.8 cm³/mol. The summed E-state index contributed by atoms with van der Waals surface area (Å²) in [5.74, 6) is 0.265. The molecule has 1 aromatic carbocycles. The second-order valence-electron chi connectivity index (χ2n) is 3.70. The summed E-state index contributed by atoms with van der Waals surface area (Å²) in [6, 6.07) is 10.1. The van der Waals surface area contributed by atoms with Gasteiger partial charge in [-0.25, -0.2) is 0 Å². The Balaban J connectivity index is 2.45. The van der Waals surface area contributed by atoms with E-state index in [4.69, 9.17) is 0 Å². The SMILES string of the molecule is CC/C=C(\C)C(=O)CCc1ccccc1.